The third kappa shape index (κ3) is 4.83. The van der Waals surface area contributed by atoms with Gasteiger partial charge in [0.25, 0.3) is 0 Å². The Balaban J connectivity index is 2.76. The average molecular weight is 278 g/mol. The molecule has 106 valence electrons. The lowest BCUT2D eigenvalue weighted by molar-refractivity contribution is 0.453. The topological polar surface area (TPSA) is 29.3 Å². The van der Waals surface area contributed by atoms with Crippen LogP contribution >= 0.6 is 12.2 Å². The fourth-order valence-electron chi connectivity index (χ4n) is 2.42. The highest BCUT2D eigenvalue weighted by Crippen LogP contribution is 2.22. The molecule has 0 radical (unpaired) electrons. The number of para-hydroxylation sites is 1. The molecule has 0 saturated heterocycles. The Bertz CT molecular complexity index is 403. The number of hydrogen-bond acceptors (Lipinski definition) is 2. The van der Waals surface area contributed by atoms with Crippen LogP contribution in [0.2, 0.25) is 0 Å². The summed E-state index contributed by atoms with van der Waals surface area (Å²) in [6.07, 6.45) is 5.10. The average Bonchev–Trinajstić information content (AvgIpc) is 2.43. The molecule has 1 unspecified atom stereocenters. The van der Waals surface area contributed by atoms with Gasteiger partial charge in [0.15, 0.2) is 0 Å². The number of nitrogens with two attached hydrogens (primary N) is 1. The minimum Gasteiger partial charge on any atom is -0.389 e. The number of rotatable bonds is 8. The number of unbranched alkanes of at least 4 members (excludes halogenated alkanes) is 1. The van der Waals surface area contributed by atoms with Gasteiger partial charge in [-0.05, 0) is 24.5 Å². The first kappa shape index (κ1) is 16.0. The Kier molecular flexibility index (Phi) is 6.85. The van der Waals surface area contributed by atoms with Crippen molar-refractivity contribution < 1.29 is 0 Å². The van der Waals surface area contributed by atoms with E-state index in [0.29, 0.717) is 4.99 Å². The normalized spacial score (nSPS) is 12.2. The Labute approximate surface area is 123 Å². The zero-order chi connectivity index (χ0) is 14.3. The lowest BCUT2D eigenvalue weighted by Crippen LogP contribution is -2.27. The Hall–Kier alpha value is -1.09. The van der Waals surface area contributed by atoms with Gasteiger partial charge in [-0.1, -0.05) is 57.5 Å². The summed E-state index contributed by atoms with van der Waals surface area (Å²) in [7, 11) is 2.13. The van der Waals surface area contributed by atoms with E-state index in [4.69, 9.17) is 18.0 Å². The van der Waals surface area contributed by atoms with Gasteiger partial charge < -0.3 is 10.6 Å². The maximum atomic E-state index is 5.80. The molecule has 2 N–H and O–H groups in total. The van der Waals surface area contributed by atoms with Crippen LogP contribution in [0.4, 0.5) is 5.69 Å². The van der Waals surface area contributed by atoms with Gasteiger partial charge in [0.2, 0.25) is 0 Å². The molecular weight excluding hydrogens is 252 g/mol. The summed E-state index contributed by atoms with van der Waals surface area (Å²) in [4.78, 5) is 2.77. The Morgan fingerprint density at radius 3 is 2.58 bits per heavy atom. The van der Waals surface area contributed by atoms with Crippen LogP contribution in [-0.4, -0.2) is 18.6 Å². The molecule has 0 spiro atoms. The van der Waals surface area contributed by atoms with Gasteiger partial charge in [-0.2, -0.15) is 0 Å². The van der Waals surface area contributed by atoms with Crippen LogP contribution < -0.4 is 10.6 Å². The zero-order valence-corrected chi connectivity index (χ0v) is 13.2. The fraction of sp³-hybridized carbons (Fsp3) is 0.562. The summed E-state index contributed by atoms with van der Waals surface area (Å²) in [5.74, 6) is 0.740. The smallest absolute Gasteiger partial charge is 0.106 e. The van der Waals surface area contributed by atoms with E-state index in [1.165, 1.54) is 25.7 Å². The first-order valence-corrected chi connectivity index (χ1v) is 7.60. The molecule has 1 rings (SSSR count). The standard InChI is InChI=1S/C16H26N2S/c1-4-6-9-13(5-2)12-18(3)15-11-8-7-10-14(15)16(17)19/h7-8,10-11,13H,4-6,9,12H2,1-3H3,(H2,17,19). The predicted octanol–water partition coefficient (Wildman–Crippen LogP) is 3.97. The molecule has 0 saturated carbocycles. The van der Waals surface area contributed by atoms with Crippen molar-refractivity contribution in [1.29, 1.82) is 0 Å². The minimum absolute atomic E-state index is 0.476. The summed E-state index contributed by atoms with van der Waals surface area (Å²) >= 11 is 5.13. The molecule has 0 fully saturated rings. The molecule has 0 aliphatic heterocycles. The quantitative estimate of drug-likeness (QED) is 0.729. The van der Waals surface area contributed by atoms with Crippen LogP contribution in [0.1, 0.15) is 45.1 Å². The molecule has 0 bridgehead atoms. The molecule has 1 aromatic rings. The Morgan fingerprint density at radius 1 is 1.32 bits per heavy atom. The van der Waals surface area contributed by atoms with Gasteiger partial charge in [-0.15, -0.1) is 0 Å². The number of thiocarbonyl (C=S) groups is 1. The van der Waals surface area contributed by atoms with Crippen LogP contribution in [0, 0.1) is 5.92 Å². The SMILES string of the molecule is CCCCC(CC)CN(C)c1ccccc1C(N)=S. The number of benzene rings is 1. The van der Waals surface area contributed by atoms with Gasteiger partial charge in [0.1, 0.15) is 4.99 Å². The van der Waals surface area contributed by atoms with Crippen molar-refractivity contribution in [3.63, 3.8) is 0 Å². The van der Waals surface area contributed by atoms with E-state index in [9.17, 15) is 0 Å². The summed E-state index contributed by atoms with van der Waals surface area (Å²) < 4.78 is 0. The molecule has 0 aromatic heterocycles. The molecule has 19 heavy (non-hydrogen) atoms. The van der Waals surface area contributed by atoms with E-state index in [0.717, 1.165) is 23.7 Å². The second kappa shape index (κ2) is 8.16. The van der Waals surface area contributed by atoms with Crippen molar-refractivity contribution in [2.75, 3.05) is 18.5 Å². The van der Waals surface area contributed by atoms with Crippen molar-refractivity contribution in [3.8, 4) is 0 Å². The molecule has 0 amide bonds. The zero-order valence-electron chi connectivity index (χ0n) is 12.4. The monoisotopic (exact) mass is 278 g/mol. The molecule has 0 aliphatic carbocycles. The second-order valence-electron chi connectivity index (χ2n) is 5.18. The molecule has 1 aromatic carbocycles. The van der Waals surface area contributed by atoms with E-state index in [1.807, 2.05) is 18.2 Å². The highest BCUT2D eigenvalue weighted by molar-refractivity contribution is 7.80. The van der Waals surface area contributed by atoms with Crippen molar-refractivity contribution in [2.24, 2.45) is 11.7 Å². The maximum absolute atomic E-state index is 5.80. The molecular formula is C16H26N2S. The first-order chi connectivity index (χ1) is 9.10. The van der Waals surface area contributed by atoms with E-state index in [2.05, 4.69) is 31.9 Å². The fourth-order valence-corrected chi connectivity index (χ4v) is 2.59. The lowest BCUT2D eigenvalue weighted by Gasteiger charge is -2.27. The van der Waals surface area contributed by atoms with Crippen LogP contribution in [0.15, 0.2) is 24.3 Å². The minimum atomic E-state index is 0.476. The van der Waals surface area contributed by atoms with E-state index >= 15 is 0 Å². The molecule has 2 nitrogen and oxygen atoms in total. The third-order valence-corrected chi connectivity index (χ3v) is 3.88. The van der Waals surface area contributed by atoms with Gasteiger partial charge in [-0.25, -0.2) is 0 Å². The van der Waals surface area contributed by atoms with Gasteiger partial charge >= 0.3 is 0 Å². The van der Waals surface area contributed by atoms with Crippen LogP contribution in [0.3, 0.4) is 0 Å². The van der Waals surface area contributed by atoms with Gasteiger partial charge in [-0.3, -0.25) is 0 Å². The van der Waals surface area contributed by atoms with Crippen LogP contribution in [-0.2, 0) is 0 Å². The third-order valence-electron chi connectivity index (χ3n) is 3.66. The van der Waals surface area contributed by atoms with E-state index in [-0.39, 0.29) is 0 Å². The molecule has 3 heteroatoms. The van der Waals surface area contributed by atoms with Gasteiger partial charge in [0.05, 0.1) is 0 Å². The molecule has 0 heterocycles. The lowest BCUT2D eigenvalue weighted by atomic mass is 9.98. The summed E-state index contributed by atoms with van der Waals surface area (Å²) in [6.45, 7) is 5.59. The number of nitrogens with zero attached hydrogens (tertiary/aromatic N) is 1. The Morgan fingerprint density at radius 2 is 2.00 bits per heavy atom. The van der Waals surface area contributed by atoms with Crippen molar-refractivity contribution in [1.82, 2.24) is 0 Å². The predicted molar refractivity (Wildman–Crippen MR) is 88.9 cm³/mol. The van der Waals surface area contributed by atoms with E-state index < -0.39 is 0 Å². The van der Waals surface area contributed by atoms with Gasteiger partial charge in [0, 0.05) is 24.8 Å². The van der Waals surface area contributed by atoms with Crippen molar-refractivity contribution in [2.45, 2.75) is 39.5 Å². The summed E-state index contributed by atoms with van der Waals surface area (Å²) in [6, 6.07) is 8.13. The number of hydrogen-bond donors (Lipinski definition) is 1. The van der Waals surface area contributed by atoms with Crippen LogP contribution in [0.5, 0.6) is 0 Å². The largest absolute Gasteiger partial charge is 0.389 e. The van der Waals surface area contributed by atoms with Crippen LogP contribution in [0.25, 0.3) is 0 Å². The molecule has 0 aliphatic rings. The maximum Gasteiger partial charge on any atom is 0.106 e. The first-order valence-electron chi connectivity index (χ1n) is 7.20. The molecule has 1 atom stereocenters. The highest BCUT2D eigenvalue weighted by Gasteiger charge is 2.13. The number of anilines is 1. The second-order valence-corrected chi connectivity index (χ2v) is 5.62. The highest BCUT2D eigenvalue weighted by atomic mass is 32.1. The van der Waals surface area contributed by atoms with Crippen molar-refractivity contribution in [3.05, 3.63) is 29.8 Å². The van der Waals surface area contributed by atoms with Crippen molar-refractivity contribution >= 4 is 22.9 Å². The summed E-state index contributed by atoms with van der Waals surface area (Å²) in [5, 5.41) is 0. The van der Waals surface area contributed by atoms with E-state index in [1.54, 1.807) is 0 Å². The summed E-state index contributed by atoms with van der Waals surface area (Å²) in [5.41, 5.74) is 7.92.